The Labute approximate surface area is 139 Å². The lowest BCUT2D eigenvalue weighted by atomic mass is 10.0. The molecule has 0 atom stereocenters. The summed E-state index contributed by atoms with van der Waals surface area (Å²) in [5.74, 6) is 0.663. The number of para-hydroxylation sites is 2. The number of amides is 2. The number of thiol groups is 1. The molecule has 1 N–H and O–H groups in total. The molecule has 0 fully saturated rings. The van der Waals surface area contributed by atoms with Gasteiger partial charge < -0.3 is 9.84 Å². The maximum atomic E-state index is 12.5. The zero-order valence-corrected chi connectivity index (χ0v) is 13.7. The van der Waals surface area contributed by atoms with Crippen LogP contribution in [0.15, 0.2) is 53.1 Å². The third-order valence-corrected chi connectivity index (χ3v) is 3.95. The largest absolute Gasteiger partial charge is 0.354 e. The minimum atomic E-state index is -0.388. The van der Waals surface area contributed by atoms with Crippen molar-refractivity contribution in [2.75, 3.05) is 9.62 Å². The number of hydrogen-bond donors (Lipinski definition) is 2. The molecule has 0 aliphatic heterocycles. The molecule has 1 heterocycles. The lowest BCUT2D eigenvalue weighted by Gasteiger charge is -2.17. The summed E-state index contributed by atoms with van der Waals surface area (Å²) in [7, 11) is 0. The summed E-state index contributed by atoms with van der Waals surface area (Å²) in [6.45, 7) is 4.16. The number of anilines is 2. The molecule has 0 aliphatic rings. The average molecular weight is 327 g/mol. The predicted octanol–water partition coefficient (Wildman–Crippen LogP) is 4.83. The number of urea groups is 1. The Bertz CT molecular complexity index is 844. The maximum absolute atomic E-state index is 12.5. The van der Waals surface area contributed by atoms with E-state index >= 15 is 0 Å². The molecule has 0 radical (unpaired) electrons. The third kappa shape index (κ3) is 3.03. The van der Waals surface area contributed by atoms with Crippen LogP contribution in [0.1, 0.15) is 25.3 Å². The number of nitrogens with one attached hydrogen (secondary N) is 1. The van der Waals surface area contributed by atoms with Crippen LogP contribution in [0.4, 0.5) is 16.3 Å². The van der Waals surface area contributed by atoms with E-state index in [0.29, 0.717) is 17.3 Å². The molecule has 0 saturated heterocycles. The predicted molar refractivity (Wildman–Crippen MR) is 95.0 cm³/mol. The van der Waals surface area contributed by atoms with Gasteiger partial charge in [-0.3, -0.25) is 0 Å². The molecule has 118 valence electrons. The zero-order chi connectivity index (χ0) is 16.4. The van der Waals surface area contributed by atoms with E-state index in [4.69, 9.17) is 4.52 Å². The normalized spacial score (nSPS) is 11.0. The highest BCUT2D eigenvalue weighted by Gasteiger charge is 2.20. The highest BCUT2D eigenvalue weighted by atomic mass is 32.1. The van der Waals surface area contributed by atoms with Crippen molar-refractivity contribution in [1.82, 2.24) is 5.16 Å². The second kappa shape index (κ2) is 6.34. The lowest BCUT2D eigenvalue weighted by molar-refractivity contribution is 0.260. The van der Waals surface area contributed by atoms with E-state index in [9.17, 15) is 4.79 Å². The monoisotopic (exact) mass is 327 g/mol. The van der Waals surface area contributed by atoms with Crippen LogP contribution in [-0.2, 0) is 0 Å². The number of carbonyl (C=O) groups is 1. The van der Waals surface area contributed by atoms with Crippen molar-refractivity contribution >= 4 is 41.3 Å². The summed E-state index contributed by atoms with van der Waals surface area (Å²) in [6.07, 6.45) is 0. The molecule has 1 aromatic heterocycles. The Morgan fingerprint density at radius 2 is 1.87 bits per heavy atom. The van der Waals surface area contributed by atoms with Crippen molar-refractivity contribution < 1.29 is 9.32 Å². The van der Waals surface area contributed by atoms with E-state index < -0.39 is 0 Å². The van der Waals surface area contributed by atoms with Gasteiger partial charge in [0, 0.05) is 5.69 Å². The number of rotatable bonds is 3. The number of hydrogen-bond acceptors (Lipinski definition) is 4. The topological polar surface area (TPSA) is 58.4 Å². The van der Waals surface area contributed by atoms with Gasteiger partial charge in [-0.15, -0.1) is 0 Å². The maximum Gasteiger partial charge on any atom is 0.337 e. The van der Waals surface area contributed by atoms with E-state index in [1.54, 1.807) is 6.07 Å². The van der Waals surface area contributed by atoms with Crippen molar-refractivity contribution in [1.29, 1.82) is 0 Å². The van der Waals surface area contributed by atoms with Crippen LogP contribution in [0, 0.1) is 0 Å². The molecule has 5 nitrogen and oxygen atoms in total. The summed E-state index contributed by atoms with van der Waals surface area (Å²) in [5.41, 5.74) is 2.43. The van der Waals surface area contributed by atoms with Gasteiger partial charge in [0.25, 0.3) is 0 Å². The third-order valence-electron chi connectivity index (χ3n) is 3.58. The first-order valence-corrected chi connectivity index (χ1v) is 7.71. The Morgan fingerprint density at radius 1 is 1.17 bits per heavy atom. The van der Waals surface area contributed by atoms with Crippen molar-refractivity contribution in [3.05, 3.63) is 54.1 Å². The Morgan fingerprint density at radius 3 is 2.65 bits per heavy atom. The molecule has 2 aromatic carbocycles. The minimum Gasteiger partial charge on any atom is -0.354 e. The first kappa shape index (κ1) is 15.4. The molecule has 3 rings (SSSR count). The van der Waals surface area contributed by atoms with Gasteiger partial charge in [-0.05, 0) is 29.7 Å². The fourth-order valence-electron chi connectivity index (χ4n) is 2.40. The van der Waals surface area contributed by atoms with Gasteiger partial charge in [0.05, 0.1) is 5.39 Å². The number of carbonyl (C=O) groups excluding carboxylic acids is 1. The number of nitrogens with zero attached hydrogens (tertiary/aromatic N) is 2. The van der Waals surface area contributed by atoms with E-state index in [1.165, 1.54) is 0 Å². The summed E-state index contributed by atoms with van der Waals surface area (Å²) in [5, 5.41) is 7.53. The Balaban J connectivity index is 1.86. The van der Waals surface area contributed by atoms with Gasteiger partial charge >= 0.3 is 6.03 Å². The fraction of sp³-hybridized carbons (Fsp3) is 0.176. The summed E-state index contributed by atoms with van der Waals surface area (Å²) < 4.78 is 6.37. The van der Waals surface area contributed by atoms with Crippen LogP contribution in [0.25, 0.3) is 11.0 Å². The molecule has 3 aromatic rings. The van der Waals surface area contributed by atoms with Crippen molar-refractivity contribution in [3.8, 4) is 0 Å². The standard InChI is InChI=1S/C17H17N3O2S/c1-11(2)12-7-3-5-9-14(12)18-17(21)20(23)16-13-8-4-6-10-15(13)22-19-16/h3-11,23H,1-2H3,(H,18,21). The van der Waals surface area contributed by atoms with Crippen molar-refractivity contribution in [2.45, 2.75) is 19.8 Å². The lowest BCUT2D eigenvalue weighted by Crippen LogP contribution is -2.27. The Kier molecular flexibility index (Phi) is 4.25. The molecule has 23 heavy (non-hydrogen) atoms. The smallest absolute Gasteiger partial charge is 0.337 e. The molecular weight excluding hydrogens is 310 g/mol. The van der Waals surface area contributed by atoms with Crippen LogP contribution in [-0.4, -0.2) is 11.2 Å². The number of fused-ring (bicyclic) bond motifs is 1. The second-order valence-electron chi connectivity index (χ2n) is 5.49. The van der Waals surface area contributed by atoms with E-state index in [0.717, 1.165) is 20.9 Å². The molecule has 0 spiro atoms. The van der Waals surface area contributed by atoms with Crippen LogP contribution < -0.4 is 9.62 Å². The number of benzene rings is 2. The molecule has 0 bridgehead atoms. The Hall–Kier alpha value is -2.47. The summed E-state index contributed by atoms with van der Waals surface area (Å²) in [4.78, 5) is 12.5. The van der Waals surface area contributed by atoms with E-state index in [1.807, 2.05) is 42.5 Å². The first-order chi connectivity index (χ1) is 11.1. The van der Waals surface area contributed by atoms with Gasteiger partial charge in [0.15, 0.2) is 11.4 Å². The van der Waals surface area contributed by atoms with Gasteiger partial charge in [-0.25, -0.2) is 9.10 Å². The number of aromatic nitrogens is 1. The minimum absolute atomic E-state index is 0.299. The van der Waals surface area contributed by atoms with Crippen LogP contribution >= 0.6 is 12.8 Å². The molecular formula is C17H17N3O2S. The van der Waals surface area contributed by atoms with Crippen LogP contribution in [0.3, 0.4) is 0 Å². The molecule has 6 heteroatoms. The first-order valence-electron chi connectivity index (χ1n) is 7.31. The molecule has 0 saturated carbocycles. The van der Waals surface area contributed by atoms with E-state index in [2.05, 4.69) is 37.1 Å². The van der Waals surface area contributed by atoms with Crippen LogP contribution in [0.2, 0.25) is 0 Å². The van der Waals surface area contributed by atoms with Gasteiger partial charge in [-0.1, -0.05) is 62.2 Å². The highest BCUT2D eigenvalue weighted by molar-refractivity contribution is 7.82. The highest BCUT2D eigenvalue weighted by Crippen LogP contribution is 2.29. The molecule has 0 aliphatic carbocycles. The van der Waals surface area contributed by atoms with Crippen molar-refractivity contribution in [2.24, 2.45) is 0 Å². The SMILES string of the molecule is CC(C)c1ccccc1NC(=O)N(S)c1noc2ccccc12. The molecule has 0 unspecified atom stereocenters. The zero-order valence-electron chi connectivity index (χ0n) is 12.9. The van der Waals surface area contributed by atoms with Crippen LogP contribution in [0.5, 0.6) is 0 Å². The summed E-state index contributed by atoms with van der Waals surface area (Å²) >= 11 is 4.27. The molecule has 2 amide bonds. The average Bonchev–Trinajstić information content (AvgIpc) is 2.98. The van der Waals surface area contributed by atoms with Crippen molar-refractivity contribution in [3.63, 3.8) is 0 Å². The fourth-order valence-corrected chi connectivity index (χ4v) is 2.60. The van der Waals surface area contributed by atoms with Gasteiger partial charge in [0.1, 0.15) is 0 Å². The van der Waals surface area contributed by atoms with Gasteiger partial charge in [-0.2, -0.15) is 0 Å². The second-order valence-corrected chi connectivity index (χ2v) is 5.89. The summed E-state index contributed by atoms with van der Waals surface area (Å²) in [6, 6.07) is 14.6. The van der Waals surface area contributed by atoms with Gasteiger partial charge in [0.2, 0.25) is 0 Å². The quantitative estimate of drug-likeness (QED) is 0.677. The van der Waals surface area contributed by atoms with E-state index in [-0.39, 0.29) is 6.03 Å².